The summed E-state index contributed by atoms with van der Waals surface area (Å²) in [5.41, 5.74) is 4.14. The fourth-order valence-electron chi connectivity index (χ4n) is 3.85. The first-order valence-electron chi connectivity index (χ1n) is 10.4. The van der Waals surface area contributed by atoms with Gasteiger partial charge in [-0.15, -0.1) is 0 Å². The summed E-state index contributed by atoms with van der Waals surface area (Å²) in [6, 6.07) is 6.42. The lowest BCUT2D eigenvalue weighted by atomic mass is 9.96. The molecule has 7 heteroatoms. The first-order chi connectivity index (χ1) is 14.2. The minimum Gasteiger partial charge on any atom is -0.474 e. The van der Waals surface area contributed by atoms with E-state index in [2.05, 4.69) is 47.9 Å². The van der Waals surface area contributed by atoms with Gasteiger partial charge in [-0.05, 0) is 44.4 Å². The Morgan fingerprint density at radius 3 is 2.59 bits per heavy atom. The number of aryl methyl sites for hydroxylation is 1. The Morgan fingerprint density at radius 2 is 1.86 bits per heavy atom. The maximum Gasteiger partial charge on any atom is 0.224 e. The molecule has 0 atom stereocenters. The van der Waals surface area contributed by atoms with E-state index in [9.17, 15) is 0 Å². The highest BCUT2D eigenvalue weighted by molar-refractivity contribution is 5.86. The second-order valence-electron chi connectivity index (χ2n) is 7.96. The van der Waals surface area contributed by atoms with E-state index in [1.165, 1.54) is 12.1 Å². The molecule has 0 spiro atoms. The van der Waals surface area contributed by atoms with Crippen LogP contribution in [0.1, 0.15) is 30.7 Å². The van der Waals surface area contributed by atoms with Gasteiger partial charge in [0, 0.05) is 50.8 Å². The van der Waals surface area contributed by atoms with E-state index in [0.717, 1.165) is 73.7 Å². The van der Waals surface area contributed by atoms with Gasteiger partial charge in [-0.3, -0.25) is 14.9 Å². The third kappa shape index (κ3) is 4.00. The van der Waals surface area contributed by atoms with Crippen molar-refractivity contribution < 1.29 is 4.74 Å². The van der Waals surface area contributed by atoms with Gasteiger partial charge in [-0.2, -0.15) is 0 Å². The molecule has 2 fully saturated rings. The zero-order valence-corrected chi connectivity index (χ0v) is 16.8. The minimum atomic E-state index is 0.310. The molecular formula is C22H26N6O. The maximum absolute atomic E-state index is 6.11. The van der Waals surface area contributed by atoms with Crippen LogP contribution in [-0.2, 0) is 6.54 Å². The van der Waals surface area contributed by atoms with E-state index in [0.29, 0.717) is 6.10 Å². The molecule has 5 rings (SSSR count). The van der Waals surface area contributed by atoms with Gasteiger partial charge in [-0.1, -0.05) is 0 Å². The number of piperazine rings is 1. The van der Waals surface area contributed by atoms with Gasteiger partial charge >= 0.3 is 0 Å². The third-order valence-corrected chi connectivity index (χ3v) is 5.87. The Kier molecular flexibility index (Phi) is 4.97. The van der Waals surface area contributed by atoms with E-state index in [1.807, 2.05) is 19.3 Å². The van der Waals surface area contributed by atoms with Crippen LogP contribution in [0, 0.1) is 6.92 Å². The first kappa shape index (κ1) is 18.2. The molecule has 1 aliphatic heterocycles. The molecule has 3 aromatic rings. The SMILES string of the molecule is Cc1cnc(CN2CCN(c3ccc4ncnc(OC5CCC5)c4c3)CC2)cn1. The molecule has 0 unspecified atom stereocenters. The molecule has 1 saturated carbocycles. The Hall–Kier alpha value is -2.80. The van der Waals surface area contributed by atoms with Gasteiger partial charge in [0.1, 0.15) is 12.4 Å². The van der Waals surface area contributed by atoms with E-state index in [4.69, 9.17) is 4.74 Å². The zero-order chi connectivity index (χ0) is 19.6. The molecule has 0 radical (unpaired) electrons. The number of nitrogens with zero attached hydrogens (tertiary/aromatic N) is 6. The van der Waals surface area contributed by atoms with Gasteiger partial charge in [0.2, 0.25) is 5.88 Å². The second kappa shape index (κ2) is 7.91. The number of fused-ring (bicyclic) bond motifs is 1. The number of rotatable bonds is 5. The zero-order valence-electron chi connectivity index (χ0n) is 16.8. The molecule has 1 aliphatic carbocycles. The van der Waals surface area contributed by atoms with Crippen molar-refractivity contribution in [3.63, 3.8) is 0 Å². The summed E-state index contributed by atoms with van der Waals surface area (Å²) in [7, 11) is 0. The third-order valence-electron chi connectivity index (χ3n) is 5.87. The van der Waals surface area contributed by atoms with Crippen LogP contribution < -0.4 is 9.64 Å². The molecule has 150 valence electrons. The van der Waals surface area contributed by atoms with Crippen LogP contribution >= 0.6 is 0 Å². The van der Waals surface area contributed by atoms with Crippen LogP contribution in [0.25, 0.3) is 10.9 Å². The Balaban J connectivity index is 1.27. The van der Waals surface area contributed by atoms with Gasteiger partial charge in [0.05, 0.1) is 22.3 Å². The van der Waals surface area contributed by atoms with Crippen LogP contribution in [0.15, 0.2) is 36.9 Å². The Bertz CT molecular complexity index is 980. The lowest BCUT2D eigenvalue weighted by molar-refractivity contribution is 0.116. The lowest BCUT2D eigenvalue weighted by Crippen LogP contribution is -2.46. The monoisotopic (exact) mass is 390 g/mol. The van der Waals surface area contributed by atoms with Crippen LogP contribution in [-0.4, -0.2) is 57.1 Å². The molecule has 2 aromatic heterocycles. The maximum atomic E-state index is 6.11. The van der Waals surface area contributed by atoms with Gasteiger partial charge in [0.25, 0.3) is 0 Å². The molecular weight excluding hydrogens is 364 g/mol. The van der Waals surface area contributed by atoms with Crippen LogP contribution in [0.2, 0.25) is 0 Å². The number of hydrogen-bond acceptors (Lipinski definition) is 7. The smallest absolute Gasteiger partial charge is 0.224 e. The molecule has 0 amide bonds. The average Bonchev–Trinajstić information content (AvgIpc) is 2.73. The van der Waals surface area contributed by atoms with Crippen molar-refractivity contribution in [3.8, 4) is 5.88 Å². The van der Waals surface area contributed by atoms with Crippen LogP contribution in [0.4, 0.5) is 5.69 Å². The number of ether oxygens (including phenoxy) is 1. The van der Waals surface area contributed by atoms with Gasteiger partial charge < -0.3 is 9.64 Å². The van der Waals surface area contributed by atoms with Gasteiger partial charge in [0.15, 0.2) is 0 Å². The summed E-state index contributed by atoms with van der Waals surface area (Å²) >= 11 is 0. The molecule has 2 aliphatic rings. The predicted molar refractivity (Wildman–Crippen MR) is 112 cm³/mol. The largest absolute Gasteiger partial charge is 0.474 e. The van der Waals surface area contributed by atoms with Crippen LogP contribution in [0.5, 0.6) is 5.88 Å². The average molecular weight is 390 g/mol. The number of benzene rings is 1. The normalized spacial score (nSPS) is 18.0. The molecule has 0 N–H and O–H groups in total. The highest BCUT2D eigenvalue weighted by Crippen LogP contribution is 2.31. The Morgan fingerprint density at radius 1 is 1.00 bits per heavy atom. The Labute approximate surface area is 170 Å². The summed E-state index contributed by atoms with van der Waals surface area (Å²) in [6.45, 7) is 6.79. The molecule has 1 aromatic carbocycles. The summed E-state index contributed by atoms with van der Waals surface area (Å²) < 4.78 is 6.11. The lowest BCUT2D eigenvalue weighted by Gasteiger charge is -2.36. The number of aromatic nitrogens is 4. The fraction of sp³-hybridized carbons (Fsp3) is 0.455. The first-order valence-corrected chi connectivity index (χ1v) is 10.4. The highest BCUT2D eigenvalue weighted by Gasteiger charge is 2.22. The van der Waals surface area contributed by atoms with E-state index < -0.39 is 0 Å². The van der Waals surface area contributed by atoms with Gasteiger partial charge in [-0.25, -0.2) is 9.97 Å². The topological polar surface area (TPSA) is 67.3 Å². The summed E-state index contributed by atoms with van der Waals surface area (Å²) in [4.78, 5) is 22.5. The van der Waals surface area contributed by atoms with Crippen molar-refractivity contribution in [2.24, 2.45) is 0 Å². The summed E-state index contributed by atoms with van der Waals surface area (Å²) in [5, 5.41) is 1.01. The summed E-state index contributed by atoms with van der Waals surface area (Å²) in [6.07, 6.45) is 9.13. The van der Waals surface area contributed by atoms with Crippen molar-refractivity contribution in [2.75, 3.05) is 31.1 Å². The molecule has 1 saturated heterocycles. The summed E-state index contributed by atoms with van der Waals surface area (Å²) in [5.74, 6) is 0.720. The van der Waals surface area contributed by atoms with Crippen molar-refractivity contribution in [3.05, 3.63) is 48.3 Å². The van der Waals surface area contributed by atoms with Crippen molar-refractivity contribution in [1.82, 2.24) is 24.8 Å². The van der Waals surface area contributed by atoms with E-state index >= 15 is 0 Å². The predicted octanol–water partition coefficient (Wildman–Crippen LogP) is 2.98. The minimum absolute atomic E-state index is 0.310. The highest BCUT2D eigenvalue weighted by atomic mass is 16.5. The van der Waals surface area contributed by atoms with E-state index in [-0.39, 0.29) is 0 Å². The fourth-order valence-corrected chi connectivity index (χ4v) is 3.85. The van der Waals surface area contributed by atoms with Crippen molar-refractivity contribution in [1.29, 1.82) is 0 Å². The number of anilines is 1. The molecule has 7 nitrogen and oxygen atoms in total. The van der Waals surface area contributed by atoms with Crippen molar-refractivity contribution in [2.45, 2.75) is 38.8 Å². The van der Waals surface area contributed by atoms with Crippen molar-refractivity contribution >= 4 is 16.6 Å². The van der Waals surface area contributed by atoms with Crippen LogP contribution in [0.3, 0.4) is 0 Å². The molecule has 0 bridgehead atoms. The second-order valence-corrected chi connectivity index (χ2v) is 7.96. The quantitative estimate of drug-likeness (QED) is 0.663. The molecule has 29 heavy (non-hydrogen) atoms. The van der Waals surface area contributed by atoms with E-state index in [1.54, 1.807) is 6.33 Å². The number of hydrogen-bond donors (Lipinski definition) is 0. The molecule has 3 heterocycles. The standard InChI is InChI=1S/C22H26N6O/c1-16-12-24-17(13-23-16)14-27-7-9-28(10-8-27)18-5-6-21-20(11-18)22(26-15-25-21)29-19-3-2-4-19/h5-6,11-13,15,19H,2-4,7-10,14H2,1H3.